The summed E-state index contributed by atoms with van der Waals surface area (Å²) in [6.07, 6.45) is 0.878. The Hall–Kier alpha value is -4.22. The van der Waals surface area contributed by atoms with Crippen LogP contribution in [0, 0.1) is 5.92 Å². The first kappa shape index (κ1) is 23.4. The highest BCUT2D eigenvalue weighted by Crippen LogP contribution is 2.30. The number of carboxylic acids is 2. The van der Waals surface area contributed by atoms with Crippen LogP contribution in [0.5, 0.6) is 0 Å². The number of aryl methyl sites for hydroxylation is 1. The van der Waals surface area contributed by atoms with Crippen LogP contribution in [0.2, 0.25) is 0 Å². The number of benzene rings is 1. The van der Waals surface area contributed by atoms with E-state index in [1.54, 1.807) is 24.3 Å². The number of amides is 2. The number of nitrogens with one attached hydrogen (secondary N) is 2. The minimum absolute atomic E-state index is 0.00862. The van der Waals surface area contributed by atoms with Crippen molar-refractivity contribution in [3.8, 4) is 0 Å². The molecule has 0 fully saturated rings. The van der Waals surface area contributed by atoms with Gasteiger partial charge in [-0.1, -0.05) is 12.1 Å². The molecule has 1 aromatic carbocycles. The Bertz CT molecular complexity index is 1090. The molecule has 1 unspecified atom stereocenters. The Labute approximate surface area is 188 Å². The largest absolute Gasteiger partial charge is 0.481 e. The SMILES string of the molecule is Nc1nc(N)c2c(n1)NC(=O)C(CCc1ccc(C(=O)N[C@@H](CCC(=O)O)C(=O)O)cc1)C2. The number of rotatable bonds is 9. The molecule has 3 rings (SSSR count). The van der Waals surface area contributed by atoms with E-state index in [0.29, 0.717) is 30.6 Å². The summed E-state index contributed by atoms with van der Waals surface area (Å²) in [6.45, 7) is 0. The molecule has 0 aliphatic carbocycles. The van der Waals surface area contributed by atoms with E-state index in [0.717, 1.165) is 5.56 Å². The second-order valence-corrected chi connectivity index (χ2v) is 7.72. The van der Waals surface area contributed by atoms with Crippen molar-refractivity contribution in [1.82, 2.24) is 15.3 Å². The van der Waals surface area contributed by atoms with E-state index in [-0.39, 0.29) is 42.0 Å². The highest BCUT2D eigenvalue weighted by Gasteiger charge is 2.29. The number of hydrogen-bond acceptors (Lipinski definition) is 8. The predicted molar refractivity (Wildman–Crippen MR) is 117 cm³/mol. The molecular formula is C21H24N6O6. The van der Waals surface area contributed by atoms with Gasteiger partial charge in [0.1, 0.15) is 17.7 Å². The fourth-order valence-electron chi connectivity index (χ4n) is 3.55. The molecule has 0 bridgehead atoms. The van der Waals surface area contributed by atoms with E-state index in [1.807, 2.05) is 0 Å². The molecule has 2 atom stereocenters. The fraction of sp³-hybridized carbons (Fsp3) is 0.333. The number of aliphatic carboxylic acids is 2. The third-order valence-electron chi connectivity index (χ3n) is 5.37. The summed E-state index contributed by atoms with van der Waals surface area (Å²) in [5.74, 6) is -3.02. The second-order valence-electron chi connectivity index (χ2n) is 7.72. The minimum Gasteiger partial charge on any atom is -0.481 e. The van der Waals surface area contributed by atoms with Gasteiger partial charge in [-0.05, 0) is 43.4 Å². The van der Waals surface area contributed by atoms with Crippen LogP contribution in [0.1, 0.15) is 40.7 Å². The van der Waals surface area contributed by atoms with Gasteiger partial charge in [-0.3, -0.25) is 14.4 Å². The van der Waals surface area contributed by atoms with Crippen molar-refractivity contribution in [2.45, 2.75) is 38.1 Å². The number of anilines is 3. The van der Waals surface area contributed by atoms with Gasteiger partial charge in [0, 0.05) is 23.5 Å². The van der Waals surface area contributed by atoms with Crippen LogP contribution in [0.15, 0.2) is 24.3 Å². The number of carboxylic acid groups (broad SMARTS) is 2. The minimum atomic E-state index is -1.30. The van der Waals surface area contributed by atoms with Gasteiger partial charge in [-0.2, -0.15) is 9.97 Å². The zero-order chi connectivity index (χ0) is 24.1. The third-order valence-corrected chi connectivity index (χ3v) is 5.37. The first-order valence-electron chi connectivity index (χ1n) is 10.2. The Morgan fingerprint density at radius 3 is 2.48 bits per heavy atom. The van der Waals surface area contributed by atoms with Gasteiger partial charge >= 0.3 is 11.9 Å². The van der Waals surface area contributed by atoms with Gasteiger partial charge in [-0.15, -0.1) is 0 Å². The molecule has 174 valence electrons. The maximum Gasteiger partial charge on any atom is 0.326 e. The Kier molecular flexibility index (Phi) is 7.06. The van der Waals surface area contributed by atoms with Gasteiger partial charge in [0.15, 0.2) is 0 Å². The highest BCUT2D eigenvalue weighted by molar-refractivity contribution is 5.97. The van der Waals surface area contributed by atoms with Gasteiger partial charge < -0.3 is 32.3 Å². The van der Waals surface area contributed by atoms with Crippen LogP contribution >= 0.6 is 0 Å². The van der Waals surface area contributed by atoms with Gasteiger partial charge in [0.2, 0.25) is 11.9 Å². The number of hydrogen-bond donors (Lipinski definition) is 6. The molecule has 2 heterocycles. The second kappa shape index (κ2) is 9.94. The lowest BCUT2D eigenvalue weighted by Gasteiger charge is -2.24. The maximum absolute atomic E-state index is 12.4. The third kappa shape index (κ3) is 5.93. The van der Waals surface area contributed by atoms with Crippen molar-refractivity contribution < 1.29 is 29.4 Å². The molecule has 2 amide bonds. The van der Waals surface area contributed by atoms with Crippen molar-refractivity contribution in [2.75, 3.05) is 16.8 Å². The summed E-state index contributed by atoms with van der Waals surface area (Å²) >= 11 is 0. The van der Waals surface area contributed by atoms with E-state index in [4.69, 9.17) is 16.6 Å². The van der Waals surface area contributed by atoms with Crippen LogP contribution in [-0.4, -0.2) is 50.0 Å². The van der Waals surface area contributed by atoms with Crippen LogP contribution in [0.25, 0.3) is 0 Å². The van der Waals surface area contributed by atoms with Crippen molar-refractivity contribution in [1.29, 1.82) is 0 Å². The number of carbonyl (C=O) groups excluding carboxylic acids is 2. The molecule has 8 N–H and O–H groups in total. The molecule has 12 nitrogen and oxygen atoms in total. The summed E-state index contributed by atoms with van der Waals surface area (Å²) < 4.78 is 0. The van der Waals surface area contributed by atoms with Crippen molar-refractivity contribution in [3.63, 3.8) is 0 Å². The molecule has 2 aromatic rings. The number of carbonyl (C=O) groups is 4. The quantitative estimate of drug-likeness (QED) is 0.306. The van der Waals surface area contributed by atoms with Crippen LogP contribution in [0.4, 0.5) is 17.6 Å². The van der Waals surface area contributed by atoms with Crippen LogP contribution in [0.3, 0.4) is 0 Å². The average molecular weight is 456 g/mol. The predicted octanol–water partition coefficient (Wildman–Crippen LogP) is 0.432. The molecule has 0 saturated carbocycles. The Morgan fingerprint density at radius 1 is 1.15 bits per heavy atom. The number of nitrogens with two attached hydrogens (primary N) is 2. The average Bonchev–Trinajstić information content (AvgIpc) is 2.75. The first-order valence-corrected chi connectivity index (χ1v) is 10.2. The standard InChI is InChI=1S/C21H24N6O6/c22-16-13-9-12(19(31)26-17(13)27-21(23)25-16)6-3-10-1-4-11(5-2-10)18(30)24-14(20(32)33)7-8-15(28)29/h1-2,4-5,12,14H,3,6-9H2,(H,24,30)(H,28,29)(H,32,33)(H5,22,23,25,26,27,31)/t12?,14-/m0/s1. The summed E-state index contributed by atoms with van der Waals surface area (Å²) in [4.78, 5) is 54.6. The lowest BCUT2D eigenvalue weighted by Crippen LogP contribution is -2.41. The fourth-order valence-corrected chi connectivity index (χ4v) is 3.55. The molecule has 33 heavy (non-hydrogen) atoms. The van der Waals surface area contributed by atoms with Crippen molar-refractivity contribution in [3.05, 3.63) is 41.0 Å². The van der Waals surface area contributed by atoms with Crippen molar-refractivity contribution in [2.24, 2.45) is 5.92 Å². The van der Waals surface area contributed by atoms with E-state index >= 15 is 0 Å². The summed E-state index contributed by atoms with van der Waals surface area (Å²) in [6, 6.07) is 5.23. The van der Waals surface area contributed by atoms with Crippen LogP contribution < -0.4 is 22.1 Å². The Balaban J connectivity index is 1.58. The smallest absolute Gasteiger partial charge is 0.326 e. The van der Waals surface area contributed by atoms with Crippen LogP contribution in [-0.2, 0) is 27.2 Å². The molecule has 1 aliphatic rings. The molecule has 0 radical (unpaired) electrons. The van der Waals surface area contributed by atoms with Gasteiger partial charge in [0.25, 0.3) is 5.91 Å². The summed E-state index contributed by atoms with van der Waals surface area (Å²) in [7, 11) is 0. The number of fused-ring (bicyclic) bond motifs is 1. The van der Waals surface area contributed by atoms with Gasteiger partial charge in [-0.25, -0.2) is 4.79 Å². The zero-order valence-electron chi connectivity index (χ0n) is 17.6. The molecule has 1 aliphatic heterocycles. The van der Waals surface area contributed by atoms with E-state index < -0.39 is 23.9 Å². The topological polar surface area (TPSA) is 211 Å². The lowest BCUT2D eigenvalue weighted by atomic mass is 9.89. The molecule has 1 aromatic heterocycles. The molecule has 0 saturated heterocycles. The number of aromatic nitrogens is 2. The van der Waals surface area contributed by atoms with E-state index in [2.05, 4.69) is 20.6 Å². The summed E-state index contributed by atoms with van der Waals surface area (Å²) in [5.41, 5.74) is 13.2. The molecular weight excluding hydrogens is 432 g/mol. The monoisotopic (exact) mass is 456 g/mol. The lowest BCUT2D eigenvalue weighted by molar-refractivity contribution is -0.140. The number of nitrogen functional groups attached to an aromatic ring is 2. The highest BCUT2D eigenvalue weighted by atomic mass is 16.4. The van der Waals surface area contributed by atoms with Gasteiger partial charge in [0.05, 0.1) is 0 Å². The van der Waals surface area contributed by atoms with Crippen molar-refractivity contribution >= 4 is 41.3 Å². The molecule has 0 spiro atoms. The molecule has 12 heteroatoms. The Morgan fingerprint density at radius 2 is 1.85 bits per heavy atom. The van der Waals surface area contributed by atoms with E-state index in [1.165, 1.54) is 0 Å². The first-order chi connectivity index (χ1) is 15.6. The maximum atomic E-state index is 12.4. The normalized spacial score (nSPS) is 15.8. The van der Waals surface area contributed by atoms with E-state index in [9.17, 15) is 24.3 Å². The zero-order valence-corrected chi connectivity index (χ0v) is 17.6. The number of nitrogens with zero attached hydrogens (tertiary/aromatic N) is 2. The summed E-state index contributed by atoms with van der Waals surface area (Å²) in [5, 5.41) is 22.9.